The first-order chi connectivity index (χ1) is 7.27. The number of rotatable bonds is 3. The first-order valence-corrected chi connectivity index (χ1v) is 5.14. The second-order valence-corrected chi connectivity index (χ2v) is 3.89. The summed E-state index contributed by atoms with van der Waals surface area (Å²) in [7, 11) is 1.81. The summed E-state index contributed by atoms with van der Waals surface area (Å²) in [5.74, 6) is 0.689. The number of hydrogen-bond acceptors (Lipinski definition) is 3. The van der Waals surface area contributed by atoms with E-state index >= 15 is 0 Å². The lowest BCUT2D eigenvalue weighted by molar-refractivity contribution is -0.119. The van der Waals surface area contributed by atoms with Crippen molar-refractivity contribution < 1.29 is 4.79 Å². The van der Waals surface area contributed by atoms with E-state index in [9.17, 15) is 4.79 Å². The molecule has 1 aromatic heterocycles. The van der Waals surface area contributed by atoms with Crippen LogP contribution in [0.4, 0.5) is 5.69 Å². The monoisotopic (exact) mass is 205 g/mol. The van der Waals surface area contributed by atoms with E-state index in [1.807, 2.05) is 19.2 Å². The van der Waals surface area contributed by atoms with Crippen molar-refractivity contribution in [1.82, 2.24) is 10.3 Å². The molecule has 1 N–H and O–H groups in total. The third-order valence-corrected chi connectivity index (χ3v) is 2.75. The average Bonchev–Trinajstić information content (AvgIpc) is 2.23. The topological polar surface area (TPSA) is 45.2 Å². The lowest BCUT2D eigenvalue weighted by Crippen LogP contribution is -2.44. The number of carbonyl (C=O) groups is 1. The minimum Gasteiger partial charge on any atom is -0.316 e. The van der Waals surface area contributed by atoms with E-state index in [2.05, 4.69) is 10.3 Å². The molecule has 1 aliphatic heterocycles. The molecule has 0 atom stereocenters. The Morgan fingerprint density at radius 3 is 2.73 bits per heavy atom. The van der Waals surface area contributed by atoms with Gasteiger partial charge in [-0.05, 0) is 31.1 Å². The van der Waals surface area contributed by atoms with Crippen molar-refractivity contribution in [1.29, 1.82) is 0 Å². The summed E-state index contributed by atoms with van der Waals surface area (Å²) < 4.78 is 0. The van der Waals surface area contributed by atoms with Gasteiger partial charge in [-0.15, -0.1) is 0 Å². The molecule has 1 saturated heterocycles. The molecule has 1 aromatic rings. The molecular weight excluding hydrogens is 190 g/mol. The summed E-state index contributed by atoms with van der Waals surface area (Å²) in [6.45, 7) is 1.94. The first kappa shape index (κ1) is 10.1. The zero-order valence-corrected chi connectivity index (χ0v) is 8.81. The van der Waals surface area contributed by atoms with Gasteiger partial charge in [-0.25, -0.2) is 0 Å². The number of anilines is 1. The fourth-order valence-corrected chi connectivity index (χ4v) is 1.59. The predicted octanol–water partition coefficient (Wildman–Crippen LogP) is 0.654. The van der Waals surface area contributed by atoms with E-state index < -0.39 is 0 Å². The van der Waals surface area contributed by atoms with Crippen molar-refractivity contribution in [2.24, 2.45) is 5.92 Å². The maximum Gasteiger partial charge on any atom is 0.227 e. The van der Waals surface area contributed by atoms with Crippen LogP contribution in [0.5, 0.6) is 0 Å². The molecule has 2 heterocycles. The van der Waals surface area contributed by atoms with Crippen LogP contribution >= 0.6 is 0 Å². The molecular formula is C11H15N3O. The van der Waals surface area contributed by atoms with Crippen molar-refractivity contribution in [2.75, 3.05) is 25.0 Å². The number of nitrogens with one attached hydrogen (secondary N) is 1. The van der Waals surface area contributed by atoms with Crippen LogP contribution in [0.15, 0.2) is 24.5 Å². The van der Waals surface area contributed by atoms with E-state index in [0.717, 1.165) is 18.8 Å². The average molecular weight is 205 g/mol. The molecule has 1 fully saturated rings. The summed E-state index contributed by atoms with van der Waals surface area (Å²) in [4.78, 5) is 17.4. The highest BCUT2D eigenvalue weighted by Gasteiger charge is 2.22. The fraction of sp³-hybridized carbons (Fsp3) is 0.455. The van der Waals surface area contributed by atoms with Crippen molar-refractivity contribution >= 4 is 11.6 Å². The van der Waals surface area contributed by atoms with Crippen LogP contribution in [0.25, 0.3) is 0 Å². The van der Waals surface area contributed by atoms with Crippen molar-refractivity contribution in [3.05, 3.63) is 24.5 Å². The normalized spacial score (nSPS) is 15.8. The maximum atomic E-state index is 11.8. The van der Waals surface area contributed by atoms with Crippen molar-refractivity contribution in [2.45, 2.75) is 6.42 Å². The first-order valence-electron chi connectivity index (χ1n) is 5.14. The largest absolute Gasteiger partial charge is 0.316 e. The van der Waals surface area contributed by atoms with Crippen molar-refractivity contribution in [3.63, 3.8) is 0 Å². The fourth-order valence-electron chi connectivity index (χ4n) is 1.59. The Morgan fingerprint density at radius 1 is 1.53 bits per heavy atom. The molecule has 0 unspecified atom stereocenters. The smallest absolute Gasteiger partial charge is 0.227 e. The lowest BCUT2D eigenvalue weighted by atomic mass is 9.99. The minimum absolute atomic E-state index is 0.174. The Labute approximate surface area is 89.3 Å². The van der Waals surface area contributed by atoms with E-state index in [-0.39, 0.29) is 5.91 Å². The molecule has 4 nitrogen and oxygen atoms in total. The third kappa shape index (κ3) is 2.33. The van der Waals surface area contributed by atoms with Crippen LogP contribution < -0.4 is 10.2 Å². The number of amides is 1. The summed E-state index contributed by atoms with van der Waals surface area (Å²) in [6.07, 6.45) is 4.03. The molecule has 0 aromatic carbocycles. The van der Waals surface area contributed by atoms with Crippen LogP contribution in [-0.2, 0) is 4.79 Å². The Bertz CT molecular complexity index is 335. The standard InChI is InChI=1S/C11H15N3O/c1-14(10-2-4-12-5-3-10)11(15)6-9-7-13-8-9/h2-5,9,13H,6-8H2,1H3. The molecule has 0 bridgehead atoms. The summed E-state index contributed by atoms with van der Waals surface area (Å²) in [5, 5.41) is 3.16. The third-order valence-electron chi connectivity index (χ3n) is 2.75. The van der Waals surface area contributed by atoms with Gasteiger partial charge in [0.15, 0.2) is 0 Å². The number of carbonyl (C=O) groups excluding carboxylic acids is 1. The molecule has 2 rings (SSSR count). The number of aromatic nitrogens is 1. The summed E-state index contributed by atoms with van der Waals surface area (Å²) in [6, 6.07) is 3.69. The van der Waals surface area contributed by atoms with E-state index in [4.69, 9.17) is 0 Å². The molecule has 0 saturated carbocycles. The zero-order chi connectivity index (χ0) is 10.7. The Balaban J connectivity index is 1.94. The van der Waals surface area contributed by atoms with Gasteiger partial charge < -0.3 is 10.2 Å². The van der Waals surface area contributed by atoms with E-state index in [0.29, 0.717) is 12.3 Å². The summed E-state index contributed by atoms with van der Waals surface area (Å²) >= 11 is 0. The van der Waals surface area contributed by atoms with Gasteiger partial charge in [0.05, 0.1) is 0 Å². The molecule has 0 spiro atoms. The molecule has 15 heavy (non-hydrogen) atoms. The highest BCUT2D eigenvalue weighted by Crippen LogP contribution is 2.15. The molecule has 0 radical (unpaired) electrons. The quantitative estimate of drug-likeness (QED) is 0.788. The highest BCUT2D eigenvalue weighted by atomic mass is 16.2. The van der Waals surface area contributed by atoms with Crippen molar-refractivity contribution in [3.8, 4) is 0 Å². The number of nitrogens with zero attached hydrogens (tertiary/aromatic N) is 2. The molecule has 1 aliphatic rings. The van der Waals surface area contributed by atoms with Crippen LogP contribution in [0.2, 0.25) is 0 Å². The van der Waals surface area contributed by atoms with Gasteiger partial charge in [0.1, 0.15) is 0 Å². The van der Waals surface area contributed by atoms with Gasteiger partial charge in [0.25, 0.3) is 0 Å². The van der Waals surface area contributed by atoms with E-state index in [1.54, 1.807) is 17.3 Å². The summed E-state index contributed by atoms with van der Waals surface area (Å²) in [5.41, 5.74) is 0.905. The van der Waals surface area contributed by atoms with Crippen LogP contribution in [0.3, 0.4) is 0 Å². The van der Waals surface area contributed by atoms with Gasteiger partial charge in [0, 0.05) is 31.5 Å². The zero-order valence-electron chi connectivity index (χ0n) is 8.81. The van der Waals surface area contributed by atoms with Crippen LogP contribution in [0, 0.1) is 5.92 Å². The molecule has 4 heteroatoms. The number of pyridine rings is 1. The molecule has 0 aliphatic carbocycles. The van der Waals surface area contributed by atoms with E-state index in [1.165, 1.54) is 0 Å². The van der Waals surface area contributed by atoms with Gasteiger partial charge in [-0.1, -0.05) is 0 Å². The van der Waals surface area contributed by atoms with Crippen LogP contribution in [0.1, 0.15) is 6.42 Å². The van der Waals surface area contributed by atoms with Gasteiger partial charge in [-0.3, -0.25) is 9.78 Å². The SMILES string of the molecule is CN(C(=O)CC1CNC1)c1ccncc1. The second-order valence-electron chi connectivity index (χ2n) is 3.89. The minimum atomic E-state index is 0.174. The Morgan fingerprint density at radius 2 is 2.20 bits per heavy atom. The highest BCUT2D eigenvalue weighted by molar-refractivity contribution is 5.92. The molecule has 1 amide bonds. The Kier molecular flexibility index (Phi) is 2.97. The second kappa shape index (κ2) is 4.40. The number of hydrogen-bond donors (Lipinski definition) is 1. The van der Waals surface area contributed by atoms with Crippen LogP contribution in [-0.4, -0.2) is 31.0 Å². The van der Waals surface area contributed by atoms with Gasteiger partial charge in [-0.2, -0.15) is 0 Å². The molecule has 80 valence electrons. The van der Waals surface area contributed by atoms with Gasteiger partial charge in [0.2, 0.25) is 5.91 Å². The Hall–Kier alpha value is -1.42. The predicted molar refractivity (Wildman–Crippen MR) is 58.6 cm³/mol. The maximum absolute atomic E-state index is 11.8. The lowest BCUT2D eigenvalue weighted by Gasteiger charge is -2.28. The van der Waals surface area contributed by atoms with Gasteiger partial charge >= 0.3 is 0 Å².